The van der Waals surface area contributed by atoms with Crippen molar-refractivity contribution >= 4 is 0 Å². The Kier molecular flexibility index (Phi) is 3.74. The quantitative estimate of drug-likeness (QED) is 0.715. The lowest BCUT2D eigenvalue weighted by Crippen LogP contribution is -2.20. The minimum absolute atomic E-state index is 0.126. The lowest BCUT2D eigenvalue weighted by Gasteiger charge is -2.05. The molecule has 0 unspecified atom stereocenters. The van der Waals surface area contributed by atoms with E-state index >= 15 is 0 Å². The third-order valence-electron chi connectivity index (χ3n) is 2.87. The first-order valence-electron chi connectivity index (χ1n) is 6.51. The molecule has 0 N–H and O–H groups in total. The summed E-state index contributed by atoms with van der Waals surface area (Å²) in [5.74, 6) is 0.489. The largest absolute Gasteiger partial charge is 0.492 e. The lowest BCUT2D eigenvalue weighted by molar-refractivity contribution is 0.285. The van der Waals surface area contributed by atoms with Crippen molar-refractivity contribution < 1.29 is 13.6 Å². The van der Waals surface area contributed by atoms with E-state index in [9.17, 15) is 4.79 Å². The van der Waals surface area contributed by atoms with Crippen LogP contribution < -0.4 is 10.5 Å². The fourth-order valence-corrected chi connectivity index (χ4v) is 1.85. The normalized spacial score (nSPS) is 10.3. The molecule has 7 nitrogen and oxygen atoms in total. The predicted molar refractivity (Wildman–Crippen MR) is 75.1 cm³/mol. The van der Waals surface area contributed by atoms with Crippen LogP contribution >= 0.6 is 0 Å². The Morgan fingerprint density at radius 2 is 2.23 bits per heavy atom. The SMILES string of the molecule is N#Cc1cccc(OCCn2nc(-c3ccco3)oc2=O)c1. The highest BCUT2D eigenvalue weighted by Gasteiger charge is 2.12. The van der Waals surface area contributed by atoms with Crippen molar-refractivity contribution in [2.75, 3.05) is 6.61 Å². The Labute approximate surface area is 125 Å². The zero-order valence-electron chi connectivity index (χ0n) is 11.4. The van der Waals surface area contributed by atoms with E-state index < -0.39 is 5.76 Å². The van der Waals surface area contributed by atoms with E-state index in [-0.39, 0.29) is 19.0 Å². The molecular weight excluding hydrogens is 286 g/mol. The molecule has 110 valence electrons. The Hall–Kier alpha value is -3.27. The van der Waals surface area contributed by atoms with Crippen LogP contribution in [-0.2, 0) is 6.54 Å². The van der Waals surface area contributed by atoms with Gasteiger partial charge in [-0.15, -0.1) is 5.10 Å². The van der Waals surface area contributed by atoms with Gasteiger partial charge in [0.25, 0.3) is 5.89 Å². The van der Waals surface area contributed by atoms with E-state index in [0.29, 0.717) is 17.1 Å². The Balaban J connectivity index is 1.65. The van der Waals surface area contributed by atoms with Crippen molar-refractivity contribution in [1.82, 2.24) is 9.78 Å². The molecule has 0 amide bonds. The molecule has 0 atom stereocenters. The average Bonchev–Trinajstić information content (AvgIpc) is 3.18. The first-order valence-corrected chi connectivity index (χ1v) is 6.51. The van der Waals surface area contributed by atoms with Crippen molar-refractivity contribution in [3.8, 4) is 23.5 Å². The summed E-state index contributed by atoms with van der Waals surface area (Å²) in [7, 11) is 0. The zero-order chi connectivity index (χ0) is 15.4. The van der Waals surface area contributed by atoms with Crippen LogP contribution in [0.5, 0.6) is 5.75 Å². The Morgan fingerprint density at radius 1 is 1.32 bits per heavy atom. The van der Waals surface area contributed by atoms with Gasteiger partial charge in [-0.25, -0.2) is 4.79 Å². The molecule has 0 aliphatic rings. The second-order valence-electron chi connectivity index (χ2n) is 4.36. The maximum Gasteiger partial charge on any atom is 0.437 e. The molecule has 0 aliphatic heterocycles. The van der Waals surface area contributed by atoms with Crippen LogP contribution in [0.2, 0.25) is 0 Å². The highest BCUT2D eigenvalue weighted by molar-refractivity contribution is 5.42. The van der Waals surface area contributed by atoms with Crippen molar-refractivity contribution in [2.24, 2.45) is 0 Å². The van der Waals surface area contributed by atoms with Crippen molar-refractivity contribution in [2.45, 2.75) is 6.54 Å². The van der Waals surface area contributed by atoms with Gasteiger partial charge in [0.15, 0.2) is 5.76 Å². The van der Waals surface area contributed by atoms with E-state index in [1.807, 2.05) is 6.07 Å². The summed E-state index contributed by atoms with van der Waals surface area (Å²) in [6, 6.07) is 12.1. The topological polar surface area (TPSA) is 94.2 Å². The molecular formula is C15H11N3O4. The van der Waals surface area contributed by atoms with E-state index in [1.165, 1.54) is 6.26 Å². The van der Waals surface area contributed by atoms with Crippen LogP contribution in [0.3, 0.4) is 0 Å². The third kappa shape index (κ3) is 2.91. The van der Waals surface area contributed by atoms with Crippen LogP contribution in [0.1, 0.15) is 5.56 Å². The van der Waals surface area contributed by atoms with Crippen molar-refractivity contribution in [3.05, 3.63) is 58.8 Å². The van der Waals surface area contributed by atoms with E-state index in [0.717, 1.165) is 4.68 Å². The zero-order valence-corrected chi connectivity index (χ0v) is 11.4. The summed E-state index contributed by atoms with van der Waals surface area (Å²) in [6.45, 7) is 0.443. The lowest BCUT2D eigenvalue weighted by atomic mass is 10.2. The third-order valence-corrected chi connectivity index (χ3v) is 2.87. The molecule has 0 aliphatic carbocycles. The molecule has 22 heavy (non-hydrogen) atoms. The molecule has 0 bridgehead atoms. The molecule has 7 heteroatoms. The molecule has 0 spiro atoms. The van der Waals surface area contributed by atoms with Crippen LogP contribution in [0.4, 0.5) is 0 Å². The summed E-state index contributed by atoms with van der Waals surface area (Å²) in [4.78, 5) is 11.7. The number of nitriles is 1. The maximum absolute atomic E-state index is 11.7. The minimum atomic E-state index is -0.583. The molecule has 0 radical (unpaired) electrons. The molecule has 0 saturated heterocycles. The van der Waals surface area contributed by atoms with E-state index in [1.54, 1.807) is 36.4 Å². The van der Waals surface area contributed by atoms with Gasteiger partial charge in [0.2, 0.25) is 0 Å². The molecule has 1 aromatic carbocycles. The van der Waals surface area contributed by atoms with Crippen LogP contribution in [0.15, 0.2) is 56.3 Å². The summed E-state index contributed by atoms with van der Waals surface area (Å²) in [5, 5.41) is 12.8. The van der Waals surface area contributed by atoms with Crippen molar-refractivity contribution in [1.29, 1.82) is 5.26 Å². The van der Waals surface area contributed by atoms with Crippen molar-refractivity contribution in [3.63, 3.8) is 0 Å². The highest BCUT2D eigenvalue weighted by Crippen LogP contribution is 2.15. The van der Waals surface area contributed by atoms with Gasteiger partial charge in [-0.2, -0.15) is 9.94 Å². The number of hydrogen-bond acceptors (Lipinski definition) is 6. The molecule has 2 heterocycles. The molecule has 0 fully saturated rings. The smallest absolute Gasteiger partial charge is 0.437 e. The van der Waals surface area contributed by atoms with Gasteiger partial charge in [-0.3, -0.25) is 0 Å². The van der Waals surface area contributed by atoms with Gasteiger partial charge in [-0.05, 0) is 30.3 Å². The second-order valence-corrected chi connectivity index (χ2v) is 4.36. The number of hydrogen-bond donors (Lipinski definition) is 0. The Bertz CT molecular complexity index is 856. The van der Waals surface area contributed by atoms with Gasteiger partial charge in [0.05, 0.1) is 24.4 Å². The molecule has 0 saturated carbocycles. The highest BCUT2D eigenvalue weighted by atomic mass is 16.5. The van der Waals surface area contributed by atoms with Gasteiger partial charge in [-0.1, -0.05) is 6.07 Å². The van der Waals surface area contributed by atoms with Crippen LogP contribution in [0, 0.1) is 11.3 Å². The standard InChI is InChI=1S/C15H11N3O4/c16-10-11-3-1-4-12(9-11)20-8-6-18-15(19)22-14(17-18)13-5-2-7-21-13/h1-5,7,9H,6,8H2. The first kappa shape index (κ1) is 13.7. The first-order chi connectivity index (χ1) is 10.8. The average molecular weight is 297 g/mol. The summed E-state index contributed by atoms with van der Waals surface area (Å²) in [5.41, 5.74) is 0.510. The fraction of sp³-hybridized carbons (Fsp3) is 0.133. The second kappa shape index (κ2) is 6.01. The van der Waals surface area contributed by atoms with Gasteiger partial charge in [0, 0.05) is 0 Å². The van der Waals surface area contributed by atoms with Gasteiger partial charge in [0.1, 0.15) is 12.4 Å². The van der Waals surface area contributed by atoms with Crippen LogP contribution in [0.25, 0.3) is 11.7 Å². The van der Waals surface area contributed by atoms with Gasteiger partial charge < -0.3 is 13.6 Å². The maximum atomic E-state index is 11.7. The number of rotatable bonds is 5. The predicted octanol–water partition coefficient (Wildman–Crippen LogP) is 2.05. The summed E-state index contributed by atoms with van der Waals surface area (Å²) >= 11 is 0. The summed E-state index contributed by atoms with van der Waals surface area (Å²) in [6.07, 6.45) is 1.47. The van der Waals surface area contributed by atoms with Crippen LogP contribution in [-0.4, -0.2) is 16.4 Å². The molecule has 3 rings (SSSR count). The monoisotopic (exact) mass is 297 g/mol. The summed E-state index contributed by atoms with van der Waals surface area (Å²) < 4.78 is 16.8. The minimum Gasteiger partial charge on any atom is -0.492 e. The van der Waals surface area contributed by atoms with E-state index in [2.05, 4.69) is 5.10 Å². The Morgan fingerprint density at radius 3 is 3.00 bits per heavy atom. The number of benzene rings is 1. The molecule has 3 aromatic rings. The van der Waals surface area contributed by atoms with Gasteiger partial charge >= 0.3 is 5.76 Å². The molecule has 2 aromatic heterocycles. The number of furan rings is 1. The number of ether oxygens (including phenoxy) is 1. The fourth-order valence-electron chi connectivity index (χ4n) is 1.85. The number of aromatic nitrogens is 2. The van der Waals surface area contributed by atoms with E-state index in [4.69, 9.17) is 18.8 Å². The number of nitrogens with zero attached hydrogens (tertiary/aromatic N) is 3.